The van der Waals surface area contributed by atoms with Crippen molar-refractivity contribution in [3.8, 4) is 5.75 Å². The van der Waals surface area contributed by atoms with Crippen LogP contribution in [0.4, 0.5) is 11.4 Å². The highest BCUT2D eigenvalue weighted by Gasteiger charge is 2.66. The number of rotatable bonds is 10. The average Bonchev–Trinajstić information content (AvgIpc) is 3.70. The van der Waals surface area contributed by atoms with Crippen LogP contribution in [0.5, 0.6) is 5.75 Å². The number of carbonyl (C=O) groups is 3. The van der Waals surface area contributed by atoms with Gasteiger partial charge in [0.15, 0.2) is 5.60 Å². The summed E-state index contributed by atoms with van der Waals surface area (Å²) in [6.45, 7) is 7.72. The Morgan fingerprint density at radius 2 is 1.81 bits per heavy atom. The topological polar surface area (TPSA) is 99.6 Å². The van der Waals surface area contributed by atoms with Crippen LogP contribution in [0.15, 0.2) is 72.8 Å². The molecule has 3 aliphatic rings. The van der Waals surface area contributed by atoms with Gasteiger partial charge in [0.05, 0.1) is 40.0 Å². The van der Waals surface area contributed by atoms with Crippen molar-refractivity contribution in [2.45, 2.75) is 63.1 Å². The summed E-state index contributed by atoms with van der Waals surface area (Å²) in [6, 6.07) is 23.7. The highest BCUT2D eigenvalue weighted by atomic mass is 28.3. The van der Waals surface area contributed by atoms with Gasteiger partial charge >= 0.3 is 0 Å². The molecule has 0 radical (unpaired) electrons. The second-order valence-electron chi connectivity index (χ2n) is 13.6. The van der Waals surface area contributed by atoms with Crippen LogP contribution in [0.1, 0.15) is 37.3 Å². The Bertz CT molecular complexity index is 1650. The van der Waals surface area contributed by atoms with Crippen molar-refractivity contribution in [2.75, 3.05) is 43.7 Å². The quantitative estimate of drug-likeness (QED) is 0.325. The van der Waals surface area contributed by atoms with E-state index in [1.54, 1.807) is 28.9 Å². The maximum absolute atomic E-state index is 14.5. The monoisotopic (exact) mass is 655 g/mol. The third-order valence-corrected chi connectivity index (χ3v) is 15.0. The number of benzene rings is 3. The minimum atomic E-state index is -2.45. The summed E-state index contributed by atoms with van der Waals surface area (Å²) in [5.41, 5.74) is 1.83. The van der Waals surface area contributed by atoms with Gasteiger partial charge in [-0.05, 0) is 47.9 Å². The van der Waals surface area contributed by atoms with Crippen LogP contribution >= 0.6 is 0 Å². The predicted octanol–water partition coefficient (Wildman–Crippen LogP) is 4.43. The van der Waals surface area contributed by atoms with Crippen LogP contribution in [-0.2, 0) is 31.3 Å². The summed E-state index contributed by atoms with van der Waals surface area (Å²) in [5, 5.41) is 11.1. The van der Waals surface area contributed by atoms with Crippen molar-refractivity contribution >= 4 is 42.4 Å². The van der Waals surface area contributed by atoms with Gasteiger partial charge in [0.2, 0.25) is 11.8 Å². The van der Waals surface area contributed by atoms with Crippen molar-refractivity contribution in [1.82, 2.24) is 4.90 Å². The minimum absolute atomic E-state index is 0.0762. The molecule has 1 spiro atoms. The molecule has 2 fully saturated rings. The fourth-order valence-electron chi connectivity index (χ4n) is 8.21. The zero-order valence-corrected chi connectivity index (χ0v) is 28.9. The highest BCUT2D eigenvalue weighted by molar-refractivity contribution is 6.91. The first-order valence-corrected chi connectivity index (χ1v) is 19.6. The molecule has 248 valence electrons. The van der Waals surface area contributed by atoms with E-state index in [9.17, 15) is 19.5 Å². The molecule has 3 aliphatic heterocycles. The molecule has 4 atom stereocenters. The Morgan fingerprint density at radius 1 is 1.09 bits per heavy atom. The number of aliphatic hydroxyl groups excluding tert-OH is 1. The number of aliphatic hydroxyl groups is 1. The number of anilines is 2. The molecule has 2 saturated heterocycles. The molecular weight excluding hydrogens is 611 g/mol. The lowest BCUT2D eigenvalue weighted by Crippen LogP contribution is -2.52. The van der Waals surface area contributed by atoms with Crippen molar-refractivity contribution < 1.29 is 29.0 Å². The van der Waals surface area contributed by atoms with E-state index < -0.39 is 19.8 Å². The predicted molar refractivity (Wildman–Crippen MR) is 185 cm³/mol. The first-order valence-electron chi connectivity index (χ1n) is 16.5. The van der Waals surface area contributed by atoms with Gasteiger partial charge in [0.1, 0.15) is 5.75 Å². The van der Waals surface area contributed by atoms with E-state index >= 15 is 0 Å². The Balaban J connectivity index is 1.42. The number of likely N-dealkylation sites (N-methyl/N-ethyl adjacent to an activating group) is 1. The summed E-state index contributed by atoms with van der Waals surface area (Å²) in [4.78, 5) is 46.5. The molecular formula is C37H45N3O6Si. The lowest BCUT2D eigenvalue weighted by Gasteiger charge is -2.37. The number of amides is 3. The summed E-state index contributed by atoms with van der Waals surface area (Å²) in [5.74, 6) is 0.292. The molecule has 3 aromatic rings. The summed E-state index contributed by atoms with van der Waals surface area (Å²) in [6.07, 6.45) is 0.828. The maximum Gasteiger partial charge on any atom is 0.264 e. The first-order chi connectivity index (χ1) is 22.5. The number of hydrogen-bond donors (Lipinski definition) is 1. The molecule has 9 nitrogen and oxygen atoms in total. The third kappa shape index (κ3) is 5.66. The van der Waals surface area contributed by atoms with Gasteiger partial charge in [0.25, 0.3) is 5.91 Å². The molecule has 3 amide bonds. The van der Waals surface area contributed by atoms with Crippen molar-refractivity contribution in [3.63, 3.8) is 0 Å². The second kappa shape index (κ2) is 12.9. The number of nitrogens with zero attached hydrogens (tertiary/aromatic N) is 3. The molecule has 3 heterocycles. The molecule has 0 aromatic heterocycles. The third-order valence-electron chi connectivity index (χ3n) is 10.6. The molecule has 0 aliphatic carbocycles. The molecule has 0 unspecified atom stereocenters. The van der Waals surface area contributed by atoms with E-state index in [4.69, 9.17) is 9.47 Å². The largest absolute Gasteiger partial charge is 0.497 e. The van der Waals surface area contributed by atoms with Crippen LogP contribution in [0.25, 0.3) is 0 Å². The summed E-state index contributed by atoms with van der Waals surface area (Å²) >= 11 is 0. The van der Waals surface area contributed by atoms with Crippen LogP contribution in [0.3, 0.4) is 0 Å². The molecule has 6 rings (SSSR count). The van der Waals surface area contributed by atoms with E-state index in [1.807, 2.05) is 60.7 Å². The molecule has 10 heteroatoms. The van der Waals surface area contributed by atoms with Gasteiger partial charge in [-0.1, -0.05) is 67.7 Å². The Kier molecular flexibility index (Phi) is 9.04. The maximum atomic E-state index is 14.5. The van der Waals surface area contributed by atoms with Gasteiger partial charge in [-0.15, -0.1) is 0 Å². The van der Waals surface area contributed by atoms with E-state index in [2.05, 4.69) is 32.2 Å². The Morgan fingerprint density at radius 3 is 2.45 bits per heavy atom. The van der Waals surface area contributed by atoms with Crippen LogP contribution in [0.2, 0.25) is 18.6 Å². The standard InChI is InChI=1S/C37H45N3O6Si/c1-25-35(47(4,5)29-16-14-28(45-3)15-17-29)32(23-34(43)39(20-21-41)24-26-10-7-6-8-11-26)46-37(25)30-22-27(40-19-9-12-33(40)42)13-18-31(30)38(2)36(37)44/h6-8,10-11,13-18,22,25,32,35,41H,9,12,19-21,23-24H2,1-5H3/t25-,32+,35-,37+/m0/s1. The van der Waals surface area contributed by atoms with E-state index in [1.165, 1.54) is 5.19 Å². The molecule has 3 aromatic carbocycles. The summed E-state index contributed by atoms with van der Waals surface area (Å²) < 4.78 is 12.5. The smallest absolute Gasteiger partial charge is 0.264 e. The molecule has 47 heavy (non-hydrogen) atoms. The van der Waals surface area contributed by atoms with Gasteiger partial charge in [0, 0.05) is 50.3 Å². The van der Waals surface area contributed by atoms with Gasteiger partial charge in [-0.25, -0.2) is 0 Å². The number of hydrogen-bond acceptors (Lipinski definition) is 6. The second-order valence-corrected chi connectivity index (χ2v) is 18.3. The van der Waals surface area contributed by atoms with E-state index in [0.29, 0.717) is 19.5 Å². The van der Waals surface area contributed by atoms with Gasteiger partial charge in [-0.2, -0.15) is 0 Å². The minimum Gasteiger partial charge on any atom is -0.497 e. The van der Waals surface area contributed by atoms with E-state index in [-0.39, 0.29) is 48.8 Å². The molecule has 0 saturated carbocycles. The Labute approximate surface area is 278 Å². The summed E-state index contributed by atoms with van der Waals surface area (Å²) in [7, 11) is 0.964. The van der Waals surface area contributed by atoms with Crippen molar-refractivity contribution in [1.29, 1.82) is 0 Å². The lowest BCUT2D eigenvalue weighted by molar-refractivity contribution is -0.149. The number of fused-ring (bicyclic) bond motifs is 2. The zero-order valence-electron chi connectivity index (χ0n) is 27.9. The number of ether oxygens (including phenoxy) is 2. The molecule has 0 bridgehead atoms. The van der Waals surface area contributed by atoms with Crippen molar-refractivity contribution in [2.24, 2.45) is 5.92 Å². The Hall–Kier alpha value is -3.99. The van der Waals surface area contributed by atoms with Crippen LogP contribution in [0, 0.1) is 5.92 Å². The van der Waals surface area contributed by atoms with Gasteiger partial charge < -0.3 is 29.3 Å². The fourth-order valence-corrected chi connectivity index (χ4v) is 12.2. The SMILES string of the molecule is COc1ccc([Si](C)(C)[C@@H]2[C@@H](CC(=O)N(CCO)Cc3ccccc3)O[C@]3(C(=O)N(C)c4ccc(N5CCCC5=O)cc43)[C@H]2C)cc1. The zero-order chi connectivity index (χ0) is 33.5. The normalized spacial score (nSPS) is 23.9. The van der Waals surface area contributed by atoms with Crippen molar-refractivity contribution in [3.05, 3.63) is 83.9 Å². The van der Waals surface area contributed by atoms with Crippen LogP contribution in [-0.4, -0.2) is 75.8 Å². The fraction of sp³-hybridized carbons (Fsp3) is 0.432. The average molecular weight is 656 g/mol. The first kappa shape index (κ1) is 32.9. The van der Waals surface area contributed by atoms with Gasteiger partial charge in [-0.3, -0.25) is 14.4 Å². The van der Waals surface area contributed by atoms with Crippen LogP contribution < -0.4 is 19.7 Å². The molecule has 1 N–H and O–H groups in total. The highest BCUT2D eigenvalue weighted by Crippen LogP contribution is 2.60. The lowest BCUT2D eigenvalue weighted by atomic mass is 9.82. The number of methoxy groups -OCH3 is 1. The van der Waals surface area contributed by atoms with E-state index in [0.717, 1.165) is 34.7 Å². The number of carbonyl (C=O) groups excluding carboxylic acids is 3.